The van der Waals surface area contributed by atoms with E-state index in [0.29, 0.717) is 0 Å². The molecule has 1 aromatic carbocycles. The molecule has 0 unspecified atom stereocenters. The third-order valence-electron chi connectivity index (χ3n) is 2.15. The molecule has 0 aliphatic rings. The fourth-order valence-electron chi connectivity index (χ4n) is 1.26. The van der Waals surface area contributed by atoms with E-state index < -0.39 is 23.2 Å². The molecule has 1 rings (SSSR count). The van der Waals surface area contributed by atoms with E-state index in [1.807, 2.05) is 0 Å². The molecule has 0 aliphatic carbocycles. The second-order valence-corrected chi connectivity index (χ2v) is 3.14. The van der Waals surface area contributed by atoms with E-state index in [9.17, 15) is 18.0 Å². The van der Waals surface area contributed by atoms with Gasteiger partial charge in [-0.1, -0.05) is 12.1 Å². The Balaban J connectivity index is 3.28. The van der Waals surface area contributed by atoms with Crippen molar-refractivity contribution in [3.63, 3.8) is 0 Å². The van der Waals surface area contributed by atoms with Crippen molar-refractivity contribution in [2.45, 2.75) is 12.5 Å². The minimum atomic E-state index is -3.90. The molecule has 88 valence electrons. The lowest BCUT2D eigenvalue weighted by atomic mass is 10.0. The first-order chi connectivity index (χ1) is 7.45. The Morgan fingerprint density at radius 2 is 2.12 bits per heavy atom. The average Bonchev–Trinajstić information content (AvgIpc) is 2.27. The van der Waals surface area contributed by atoms with Gasteiger partial charge in [-0.3, -0.25) is 4.79 Å². The second kappa shape index (κ2) is 4.52. The van der Waals surface area contributed by atoms with Crippen LogP contribution in [0.2, 0.25) is 0 Å². The highest BCUT2D eigenvalue weighted by molar-refractivity contribution is 5.84. The summed E-state index contributed by atoms with van der Waals surface area (Å²) >= 11 is 0. The van der Waals surface area contributed by atoms with E-state index in [0.717, 1.165) is 13.1 Å². The minimum absolute atomic E-state index is 0.0546. The largest absolute Gasteiger partial charge is 0.354 e. The monoisotopic (exact) mass is 232 g/mol. The van der Waals surface area contributed by atoms with Crippen LogP contribution in [0.5, 0.6) is 0 Å². The molecular formula is C10H11F3N2O. The van der Waals surface area contributed by atoms with E-state index in [1.165, 1.54) is 12.1 Å². The number of benzene rings is 1. The topological polar surface area (TPSA) is 55.1 Å². The maximum atomic E-state index is 13.5. The number of nitrogens with two attached hydrogens (primary N) is 1. The van der Waals surface area contributed by atoms with Crippen LogP contribution in [0.1, 0.15) is 11.1 Å². The smallest absolute Gasteiger partial charge is 0.352 e. The number of carbonyl (C=O) groups is 1. The lowest BCUT2D eigenvalue weighted by Gasteiger charge is -2.16. The number of halogens is 3. The highest BCUT2D eigenvalue weighted by atomic mass is 19.3. The number of hydrogen-bond donors (Lipinski definition) is 2. The van der Waals surface area contributed by atoms with E-state index >= 15 is 0 Å². The zero-order chi connectivity index (χ0) is 12.3. The van der Waals surface area contributed by atoms with Gasteiger partial charge in [0, 0.05) is 19.2 Å². The number of carbonyl (C=O) groups excluding carboxylic acids is 1. The van der Waals surface area contributed by atoms with Gasteiger partial charge >= 0.3 is 5.92 Å². The molecular weight excluding hydrogens is 221 g/mol. The molecule has 3 N–H and O–H groups in total. The number of alkyl halides is 2. The predicted molar refractivity (Wildman–Crippen MR) is 52.3 cm³/mol. The van der Waals surface area contributed by atoms with Crippen molar-refractivity contribution in [2.75, 3.05) is 7.05 Å². The average molecular weight is 232 g/mol. The number of rotatable bonds is 3. The van der Waals surface area contributed by atoms with Crippen LogP contribution in [0.15, 0.2) is 18.2 Å². The Kier molecular flexibility index (Phi) is 3.54. The SMILES string of the molecule is CNC(=O)C(F)(F)c1cccc(CN)c1F. The summed E-state index contributed by atoms with van der Waals surface area (Å²) in [6, 6.07) is 3.39. The maximum Gasteiger partial charge on any atom is 0.352 e. The molecule has 0 heterocycles. The van der Waals surface area contributed by atoms with E-state index in [2.05, 4.69) is 0 Å². The lowest BCUT2D eigenvalue weighted by molar-refractivity contribution is -0.146. The molecule has 1 aromatic rings. The molecule has 0 bridgehead atoms. The van der Waals surface area contributed by atoms with E-state index in [1.54, 1.807) is 5.32 Å². The maximum absolute atomic E-state index is 13.5. The highest BCUT2D eigenvalue weighted by Gasteiger charge is 2.42. The fraction of sp³-hybridized carbons (Fsp3) is 0.300. The molecule has 0 saturated carbocycles. The van der Waals surface area contributed by atoms with Crippen LogP contribution in [0, 0.1) is 5.82 Å². The molecule has 0 aromatic heterocycles. The van der Waals surface area contributed by atoms with Gasteiger partial charge in [0.05, 0.1) is 5.56 Å². The zero-order valence-electron chi connectivity index (χ0n) is 8.56. The third-order valence-corrected chi connectivity index (χ3v) is 2.15. The van der Waals surface area contributed by atoms with Crippen LogP contribution in [0.3, 0.4) is 0 Å². The number of nitrogens with one attached hydrogen (secondary N) is 1. The van der Waals surface area contributed by atoms with Crippen molar-refractivity contribution in [1.29, 1.82) is 0 Å². The van der Waals surface area contributed by atoms with Crippen molar-refractivity contribution in [3.05, 3.63) is 35.1 Å². The summed E-state index contributed by atoms with van der Waals surface area (Å²) in [6.07, 6.45) is 0. The Bertz CT molecular complexity index is 407. The number of hydrogen-bond acceptors (Lipinski definition) is 2. The van der Waals surface area contributed by atoms with Gasteiger partial charge in [0.2, 0.25) is 0 Å². The second-order valence-electron chi connectivity index (χ2n) is 3.14. The first-order valence-electron chi connectivity index (χ1n) is 4.53. The molecule has 0 spiro atoms. The van der Waals surface area contributed by atoms with Crippen LogP contribution in [-0.2, 0) is 17.3 Å². The first kappa shape index (κ1) is 12.5. The molecule has 0 fully saturated rings. The molecule has 0 aliphatic heterocycles. The van der Waals surface area contributed by atoms with Crippen LogP contribution >= 0.6 is 0 Å². The van der Waals surface area contributed by atoms with Gasteiger partial charge < -0.3 is 11.1 Å². The number of likely N-dealkylation sites (N-methyl/N-ethyl adjacent to an activating group) is 1. The van der Waals surface area contributed by atoms with Crippen LogP contribution in [-0.4, -0.2) is 13.0 Å². The van der Waals surface area contributed by atoms with Crippen molar-refractivity contribution >= 4 is 5.91 Å². The third kappa shape index (κ3) is 2.01. The Morgan fingerprint density at radius 1 is 1.50 bits per heavy atom. The lowest BCUT2D eigenvalue weighted by Crippen LogP contribution is -2.36. The van der Waals surface area contributed by atoms with Gasteiger partial charge in [0.1, 0.15) is 5.82 Å². The Hall–Kier alpha value is -1.56. The van der Waals surface area contributed by atoms with E-state index in [4.69, 9.17) is 5.73 Å². The van der Waals surface area contributed by atoms with Gasteiger partial charge in [-0.15, -0.1) is 0 Å². The van der Waals surface area contributed by atoms with Crippen molar-refractivity contribution in [3.8, 4) is 0 Å². The van der Waals surface area contributed by atoms with Crippen molar-refractivity contribution < 1.29 is 18.0 Å². The molecule has 0 radical (unpaired) electrons. The molecule has 6 heteroatoms. The van der Waals surface area contributed by atoms with Gasteiger partial charge in [0.25, 0.3) is 5.91 Å². The number of amides is 1. The van der Waals surface area contributed by atoms with Crippen molar-refractivity contribution in [1.82, 2.24) is 5.32 Å². The quantitative estimate of drug-likeness (QED) is 0.820. The van der Waals surface area contributed by atoms with Crippen LogP contribution in [0.25, 0.3) is 0 Å². The van der Waals surface area contributed by atoms with Crippen LogP contribution in [0.4, 0.5) is 13.2 Å². The standard InChI is InChI=1S/C10H11F3N2O/c1-15-9(16)10(12,13)7-4-2-3-6(5-14)8(7)11/h2-4H,5,14H2,1H3,(H,15,16). The minimum Gasteiger partial charge on any atom is -0.354 e. The summed E-state index contributed by atoms with van der Waals surface area (Å²) < 4.78 is 40.4. The molecule has 1 amide bonds. The van der Waals surface area contributed by atoms with E-state index in [-0.39, 0.29) is 12.1 Å². The molecule has 0 saturated heterocycles. The summed E-state index contributed by atoms with van der Waals surface area (Å²) in [5.41, 5.74) is 4.17. The highest BCUT2D eigenvalue weighted by Crippen LogP contribution is 2.31. The molecule has 0 atom stereocenters. The van der Waals surface area contributed by atoms with Gasteiger partial charge in [0.15, 0.2) is 0 Å². The normalized spacial score (nSPS) is 11.3. The summed E-state index contributed by atoms with van der Waals surface area (Å²) in [7, 11) is 1.06. The first-order valence-corrected chi connectivity index (χ1v) is 4.53. The van der Waals surface area contributed by atoms with Gasteiger partial charge in [-0.25, -0.2) is 4.39 Å². The van der Waals surface area contributed by atoms with Gasteiger partial charge in [-0.2, -0.15) is 8.78 Å². The Labute approximate surface area is 90.4 Å². The van der Waals surface area contributed by atoms with Gasteiger partial charge in [-0.05, 0) is 6.07 Å². The molecule has 3 nitrogen and oxygen atoms in total. The zero-order valence-corrected chi connectivity index (χ0v) is 8.56. The Morgan fingerprint density at radius 3 is 2.62 bits per heavy atom. The molecule has 16 heavy (non-hydrogen) atoms. The summed E-state index contributed by atoms with van der Waals surface area (Å²) in [5.74, 6) is -6.59. The summed E-state index contributed by atoms with van der Waals surface area (Å²) in [5, 5.41) is 1.78. The summed E-state index contributed by atoms with van der Waals surface area (Å²) in [6.45, 7) is -0.205. The summed E-state index contributed by atoms with van der Waals surface area (Å²) in [4.78, 5) is 10.9. The fourth-order valence-corrected chi connectivity index (χ4v) is 1.26. The van der Waals surface area contributed by atoms with Crippen LogP contribution < -0.4 is 11.1 Å². The predicted octanol–water partition coefficient (Wildman–Crippen LogP) is 1.12. The van der Waals surface area contributed by atoms with Crippen molar-refractivity contribution in [2.24, 2.45) is 5.73 Å².